The summed E-state index contributed by atoms with van der Waals surface area (Å²) in [5.41, 5.74) is 7.82. The molecular weight excluding hydrogens is 202 g/mol. The van der Waals surface area contributed by atoms with Crippen LogP contribution in [-0.4, -0.2) is 22.4 Å². The SMILES string of the molecule is CCn1nc(C)cc1COC1CC(CN)C1. The van der Waals surface area contributed by atoms with E-state index in [1.807, 2.05) is 11.6 Å². The Bertz CT molecular complexity index is 342. The molecule has 0 atom stereocenters. The Morgan fingerprint density at radius 3 is 2.94 bits per heavy atom. The zero-order valence-corrected chi connectivity index (χ0v) is 10.1. The third kappa shape index (κ3) is 2.44. The van der Waals surface area contributed by atoms with Crippen LogP contribution in [0, 0.1) is 12.8 Å². The van der Waals surface area contributed by atoms with Gasteiger partial charge in [-0.3, -0.25) is 4.68 Å². The molecule has 4 nitrogen and oxygen atoms in total. The lowest BCUT2D eigenvalue weighted by Gasteiger charge is -2.34. The van der Waals surface area contributed by atoms with Gasteiger partial charge in [0, 0.05) is 6.54 Å². The maximum Gasteiger partial charge on any atom is 0.0888 e. The van der Waals surface area contributed by atoms with E-state index in [9.17, 15) is 0 Å². The predicted molar refractivity (Wildman–Crippen MR) is 63.0 cm³/mol. The summed E-state index contributed by atoms with van der Waals surface area (Å²) in [6.07, 6.45) is 2.65. The van der Waals surface area contributed by atoms with E-state index >= 15 is 0 Å². The van der Waals surface area contributed by atoms with Gasteiger partial charge in [-0.2, -0.15) is 5.10 Å². The highest BCUT2D eigenvalue weighted by atomic mass is 16.5. The molecule has 1 aromatic rings. The summed E-state index contributed by atoms with van der Waals surface area (Å²) in [4.78, 5) is 0. The van der Waals surface area contributed by atoms with Gasteiger partial charge < -0.3 is 10.5 Å². The van der Waals surface area contributed by atoms with E-state index in [2.05, 4.69) is 18.1 Å². The summed E-state index contributed by atoms with van der Waals surface area (Å²) in [7, 11) is 0. The Kier molecular flexibility index (Phi) is 3.61. The lowest BCUT2D eigenvalue weighted by Crippen LogP contribution is -2.35. The fourth-order valence-electron chi connectivity index (χ4n) is 2.20. The normalized spacial score (nSPS) is 24.4. The fourth-order valence-corrected chi connectivity index (χ4v) is 2.20. The predicted octanol–water partition coefficient (Wildman–Crippen LogP) is 1.47. The number of hydrogen-bond donors (Lipinski definition) is 1. The molecule has 0 bridgehead atoms. The highest BCUT2D eigenvalue weighted by Crippen LogP contribution is 2.29. The third-order valence-corrected chi connectivity index (χ3v) is 3.28. The van der Waals surface area contributed by atoms with Crippen molar-refractivity contribution in [1.29, 1.82) is 0 Å². The molecule has 0 spiro atoms. The third-order valence-electron chi connectivity index (χ3n) is 3.28. The number of ether oxygens (including phenoxy) is 1. The number of aryl methyl sites for hydroxylation is 2. The first-order valence-electron chi connectivity index (χ1n) is 6.08. The molecule has 0 radical (unpaired) electrons. The molecule has 1 heterocycles. The Balaban J connectivity index is 1.81. The van der Waals surface area contributed by atoms with E-state index in [-0.39, 0.29) is 0 Å². The number of nitrogens with two attached hydrogens (primary N) is 1. The zero-order chi connectivity index (χ0) is 11.5. The minimum Gasteiger partial charge on any atom is -0.372 e. The lowest BCUT2D eigenvalue weighted by molar-refractivity contribution is -0.0398. The van der Waals surface area contributed by atoms with Gasteiger partial charge >= 0.3 is 0 Å². The standard InChI is InChI=1S/C12H21N3O/c1-3-15-11(4-9(2)14-15)8-16-12-5-10(6-12)7-13/h4,10,12H,3,5-8,13H2,1-2H3. The van der Waals surface area contributed by atoms with Crippen LogP contribution in [0.1, 0.15) is 31.2 Å². The summed E-state index contributed by atoms with van der Waals surface area (Å²) in [6.45, 7) is 6.50. The average Bonchev–Trinajstić information content (AvgIpc) is 2.57. The molecule has 1 aromatic heterocycles. The van der Waals surface area contributed by atoms with Crippen molar-refractivity contribution >= 4 is 0 Å². The van der Waals surface area contributed by atoms with Crippen molar-refractivity contribution < 1.29 is 4.74 Å². The molecule has 0 saturated heterocycles. The van der Waals surface area contributed by atoms with Crippen molar-refractivity contribution in [3.05, 3.63) is 17.5 Å². The van der Waals surface area contributed by atoms with Crippen LogP contribution in [0.15, 0.2) is 6.07 Å². The molecular formula is C12H21N3O. The van der Waals surface area contributed by atoms with Crippen molar-refractivity contribution in [2.45, 2.75) is 45.9 Å². The van der Waals surface area contributed by atoms with Crippen LogP contribution in [0.2, 0.25) is 0 Å². The molecule has 16 heavy (non-hydrogen) atoms. The number of nitrogens with zero attached hydrogens (tertiary/aromatic N) is 2. The monoisotopic (exact) mass is 223 g/mol. The minimum absolute atomic E-state index is 0.411. The van der Waals surface area contributed by atoms with E-state index in [1.54, 1.807) is 0 Å². The molecule has 4 heteroatoms. The Morgan fingerprint density at radius 2 is 2.31 bits per heavy atom. The Labute approximate surface area is 96.8 Å². The average molecular weight is 223 g/mol. The van der Waals surface area contributed by atoms with Crippen molar-refractivity contribution in [3.63, 3.8) is 0 Å². The molecule has 0 amide bonds. The summed E-state index contributed by atoms with van der Waals surface area (Å²) < 4.78 is 7.84. The Hall–Kier alpha value is -0.870. The van der Waals surface area contributed by atoms with E-state index in [4.69, 9.17) is 10.5 Å². The lowest BCUT2D eigenvalue weighted by atomic mass is 9.82. The van der Waals surface area contributed by atoms with Gasteiger partial charge in [-0.05, 0) is 45.2 Å². The zero-order valence-electron chi connectivity index (χ0n) is 10.1. The number of aromatic nitrogens is 2. The molecule has 0 aromatic carbocycles. The molecule has 0 unspecified atom stereocenters. The quantitative estimate of drug-likeness (QED) is 0.822. The second kappa shape index (κ2) is 4.97. The van der Waals surface area contributed by atoms with Crippen LogP contribution < -0.4 is 5.73 Å². The van der Waals surface area contributed by atoms with Crippen molar-refractivity contribution in [3.8, 4) is 0 Å². The fraction of sp³-hybridized carbons (Fsp3) is 0.750. The van der Waals surface area contributed by atoms with Crippen LogP contribution in [-0.2, 0) is 17.9 Å². The van der Waals surface area contributed by atoms with Gasteiger partial charge in [0.25, 0.3) is 0 Å². The van der Waals surface area contributed by atoms with Gasteiger partial charge in [-0.25, -0.2) is 0 Å². The summed E-state index contributed by atoms with van der Waals surface area (Å²) in [6, 6.07) is 2.10. The molecule has 2 N–H and O–H groups in total. The van der Waals surface area contributed by atoms with Gasteiger partial charge in [-0.15, -0.1) is 0 Å². The first-order valence-corrected chi connectivity index (χ1v) is 6.08. The topological polar surface area (TPSA) is 53.1 Å². The number of rotatable bonds is 5. The second-order valence-electron chi connectivity index (χ2n) is 4.60. The highest BCUT2D eigenvalue weighted by molar-refractivity contribution is 5.07. The molecule has 1 aliphatic rings. The maximum absolute atomic E-state index is 5.84. The van der Waals surface area contributed by atoms with E-state index in [0.29, 0.717) is 18.6 Å². The second-order valence-corrected chi connectivity index (χ2v) is 4.60. The van der Waals surface area contributed by atoms with Crippen LogP contribution in [0.5, 0.6) is 0 Å². The molecule has 0 aliphatic heterocycles. The van der Waals surface area contributed by atoms with Gasteiger partial charge in [0.05, 0.1) is 24.1 Å². The summed E-state index contributed by atoms with van der Waals surface area (Å²) in [5, 5.41) is 4.40. The van der Waals surface area contributed by atoms with Gasteiger partial charge in [-0.1, -0.05) is 0 Å². The Morgan fingerprint density at radius 1 is 1.56 bits per heavy atom. The van der Waals surface area contributed by atoms with Crippen LogP contribution in [0.25, 0.3) is 0 Å². The molecule has 1 aliphatic carbocycles. The minimum atomic E-state index is 0.411. The van der Waals surface area contributed by atoms with Crippen molar-refractivity contribution in [2.24, 2.45) is 11.7 Å². The first kappa shape index (κ1) is 11.6. The molecule has 1 fully saturated rings. The number of hydrogen-bond acceptors (Lipinski definition) is 3. The van der Waals surface area contributed by atoms with Gasteiger partial charge in [0.2, 0.25) is 0 Å². The van der Waals surface area contributed by atoms with E-state index < -0.39 is 0 Å². The van der Waals surface area contributed by atoms with Crippen LogP contribution in [0.4, 0.5) is 0 Å². The van der Waals surface area contributed by atoms with Crippen molar-refractivity contribution in [1.82, 2.24) is 9.78 Å². The van der Waals surface area contributed by atoms with Gasteiger partial charge in [0.15, 0.2) is 0 Å². The highest BCUT2D eigenvalue weighted by Gasteiger charge is 2.28. The van der Waals surface area contributed by atoms with Crippen LogP contribution >= 0.6 is 0 Å². The summed E-state index contributed by atoms with van der Waals surface area (Å²) >= 11 is 0. The maximum atomic E-state index is 5.84. The molecule has 90 valence electrons. The summed E-state index contributed by atoms with van der Waals surface area (Å²) in [5.74, 6) is 0.683. The smallest absolute Gasteiger partial charge is 0.0888 e. The van der Waals surface area contributed by atoms with Gasteiger partial charge in [0.1, 0.15) is 0 Å². The molecule has 2 rings (SSSR count). The van der Waals surface area contributed by atoms with Crippen LogP contribution in [0.3, 0.4) is 0 Å². The van der Waals surface area contributed by atoms with E-state index in [0.717, 1.165) is 31.6 Å². The van der Waals surface area contributed by atoms with E-state index in [1.165, 1.54) is 5.69 Å². The molecule has 1 saturated carbocycles. The first-order chi connectivity index (χ1) is 7.72. The largest absolute Gasteiger partial charge is 0.372 e. The van der Waals surface area contributed by atoms with Crippen molar-refractivity contribution in [2.75, 3.05) is 6.54 Å².